The maximum atomic E-state index is 11.2. The highest BCUT2D eigenvalue weighted by Gasteiger charge is 2.37. The second-order valence-corrected chi connectivity index (χ2v) is 5.07. The van der Waals surface area contributed by atoms with Gasteiger partial charge in [-0.3, -0.25) is 0 Å². The number of carboxylic acids is 1. The molecule has 0 saturated heterocycles. The van der Waals surface area contributed by atoms with Crippen molar-refractivity contribution >= 4 is 11.7 Å². The maximum Gasteiger partial charge on any atom is 0.0698 e. The van der Waals surface area contributed by atoms with E-state index in [0.717, 1.165) is 18.5 Å². The fourth-order valence-corrected chi connectivity index (χ4v) is 3.10. The second-order valence-electron chi connectivity index (χ2n) is 5.07. The minimum absolute atomic E-state index is 0.0922. The van der Waals surface area contributed by atoms with E-state index in [4.69, 9.17) is 0 Å². The molecule has 3 nitrogen and oxygen atoms in total. The van der Waals surface area contributed by atoms with E-state index in [1.54, 1.807) is 0 Å². The number of hydrogen-bond acceptors (Lipinski definition) is 3. The quantitative estimate of drug-likeness (QED) is 0.799. The fourth-order valence-electron chi connectivity index (χ4n) is 3.10. The minimum Gasteiger partial charge on any atom is -0.548 e. The van der Waals surface area contributed by atoms with Gasteiger partial charge in [0.2, 0.25) is 0 Å². The van der Waals surface area contributed by atoms with Gasteiger partial charge < -0.3 is 15.2 Å². The van der Waals surface area contributed by atoms with Gasteiger partial charge in [-0.1, -0.05) is 31.2 Å². The summed E-state index contributed by atoms with van der Waals surface area (Å²) in [4.78, 5) is 11.2. The van der Waals surface area contributed by atoms with Crippen molar-refractivity contribution in [3.63, 3.8) is 0 Å². The summed E-state index contributed by atoms with van der Waals surface area (Å²) >= 11 is 0. The molecule has 18 heavy (non-hydrogen) atoms. The first-order valence-electron chi connectivity index (χ1n) is 6.47. The molecule has 3 atom stereocenters. The van der Waals surface area contributed by atoms with Gasteiger partial charge >= 0.3 is 0 Å². The van der Waals surface area contributed by atoms with Crippen LogP contribution in [-0.4, -0.2) is 12.0 Å². The van der Waals surface area contributed by atoms with Crippen LogP contribution in [0.15, 0.2) is 30.4 Å². The SMILES string of the molecule is CCc1ccc2c(c1)[C@H]1C=CC[C@@H]1[C@H](C(=O)[O-])N2. The number of nitrogens with one attached hydrogen (secondary N) is 1. The molecular weight excluding hydrogens is 226 g/mol. The summed E-state index contributed by atoms with van der Waals surface area (Å²) in [6.45, 7) is 2.13. The molecule has 0 fully saturated rings. The van der Waals surface area contributed by atoms with Crippen LogP contribution < -0.4 is 10.4 Å². The number of benzene rings is 1. The van der Waals surface area contributed by atoms with Gasteiger partial charge in [-0.2, -0.15) is 0 Å². The van der Waals surface area contributed by atoms with Crippen LogP contribution in [0.1, 0.15) is 30.4 Å². The molecule has 1 N–H and O–H groups in total. The number of hydrogen-bond donors (Lipinski definition) is 1. The van der Waals surface area contributed by atoms with Crippen LogP contribution in [-0.2, 0) is 11.2 Å². The lowest BCUT2D eigenvalue weighted by molar-refractivity contribution is -0.308. The predicted molar refractivity (Wildman–Crippen MR) is 68.2 cm³/mol. The Kier molecular flexibility index (Phi) is 2.62. The van der Waals surface area contributed by atoms with E-state index in [2.05, 4.69) is 36.5 Å². The molecule has 0 amide bonds. The minimum atomic E-state index is -1.00. The van der Waals surface area contributed by atoms with Gasteiger partial charge in [0.25, 0.3) is 0 Å². The molecule has 1 aliphatic heterocycles. The topological polar surface area (TPSA) is 52.2 Å². The summed E-state index contributed by atoms with van der Waals surface area (Å²) < 4.78 is 0. The zero-order valence-corrected chi connectivity index (χ0v) is 10.3. The van der Waals surface area contributed by atoms with Crippen LogP contribution in [0.2, 0.25) is 0 Å². The average molecular weight is 242 g/mol. The molecule has 0 spiro atoms. The molecule has 2 aliphatic rings. The highest BCUT2D eigenvalue weighted by molar-refractivity contribution is 5.79. The molecule has 0 radical (unpaired) electrons. The van der Waals surface area contributed by atoms with Crippen molar-refractivity contribution in [2.24, 2.45) is 5.92 Å². The fraction of sp³-hybridized carbons (Fsp3) is 0.400. The summed E-state index contributed by atoms with van der Waals surface area (Å²) in [6, 6.07) is 5.66. The predicted octanol–water partition coefficient (Wildman–Crippen LogP) is 1.45. The van der Waals surface area contributed by atoms with E-state index in [0.29, 0.717) is 0 Å². The van der Waals surface area contributed by atoms with Gasteiger partial charge in [-0.05, 0) is 36.0 Å². The van der Waals surface area contributed by atoms with Gasteiger partial charge in [0.15, 0.2) is 0 Å². The third-order valence-corrected chi connectivity index (χ3v) is 4.09. The molecule has 1 heterocycles. The molecule has 0 aromatic heterocycles. The number of anilines is 1. The largest absolute Gasteiger partial charge is 0.548 e. The van der Waals surface area contributed by atoms with Gasteiger partial charge in [0, 0.05) is 11.6 Å². The summed E-state index contributed by atoms with van der Waals surface area (Å²) in [5.74, 6) is -0.691. The number of carbonyl (C=O) groups excluding carboxylic acids is 1. The van der Waals surface area contributed by atoms with Crippen LogP contribution in [0.4, 0.5) is 5.69 Å². The number of carboxylic acid groups (broad SMARTS) is 1. The molecule has 3 heteroatoms. The lowest BCUT2D eigenvalue weighted by Crippen LogP contribution is -2.48. The van der Waals surface area contributed by atoms with Gasteiger partial charge in [-0.15, -0.1) is 0 Å². The first-order valence-corrected chi connectivity index (χ1v) is 6.47. The van der Waals surface area contributed by atoms with E-state index in [1.807, 2.05) is 6.07 Å². The Labute approximate surface area is 107 Å². The Hall–Kier alpha value is -1.77. The number of aliphatic carboxylic acids is 1. The monoisotopic (exact) mass is 242 g/mol. The molecule has 1 aliphatic carbocycles. The Morgan fingerprint density at radius 3 is 3.06 bits per heavy atom. The van der Waals surface area contributed by atoms with Crippen molar-refractivity contribution in [3.8, 4) is 0 Å². The number of carbonyl (C=O) groups is 1. The van der Waals surface area contributed by atoms with Gasteiger partial charge in [0.05, 0.1) is 12.0 Å². The lowest BCUT2D eigenvalue weighted by Gasteiger charge is -2.37. The summed E-state index contributed by atoms with van der Waals surface area (Å²) in [5, 5.41) is 14.3. The number of allylic oxidation sites excluding steroid dienone is 2. The zero-order chi connectivity index (χ0) is 12.7. The summed E-state index contributed by atoms with van der Waals surface area (Å²) in [6.07, 6.45) is 6.03. The second kappa shape index (κ2) is 4.16. The number of rotatable bonds is 2. The van der Waals surface area contributed by atoms with Crippen molar-refractivity contribution < 1.29 is 9.90 Å². The van der Waals surface area contributed by atoms with Crippen LogP contribution in [0, 0.1) is 5.92 Å². The van der Waals surface area contributed by atoms with Crippen LogP contribution in [0.3, 0.4) is 0 Å². The van der Waals surface area contributed by atoms with E-state index in [-0.39, 0.29) is 11.8 Å². The summed E-state index contributed by atoms with van der Waals surface area (Å²) in [7, 11) is 0. The number of fused-ring (bicyclic) bond motifs is 3. The first kappa shape index (κ1) is 11.3. The molecule has 1 aromatic rings. The number of aryl methyl sites for hydroxylation is 1. The van der Waals surface area contributed by atoms with Crippen molar-refractivity contribution in [1.29, 1.82) is 0 Å². The molecule has 0 bridgehead atoms. The third kappa shape index (κ3) is 1.62. The van der Waals surface area contributed by atoms with E-state index in [1.165, 1.54) is 11.1 Å². The van der Waals surface area contributed by atoms with Gasteiger partial charge in [-0.25, -0.2) is 0 Å². The molecule has 0 saturated carbocycles. The molecule has 94 valence electrons. The standard InChI is InChI=1S/C15H17NO2/c1-2-9-6-7-13-12(8-9)10-4-3-5-11(10)14(16-13)15(17)18/h3-4,6-8,10-11,14,16H,2,5H2,1H3,(H,17,18)/p-1/t10-,11-,14+/m0/s1. The third-order valence-electron chi connectivity index (χ3n) is 4.09. The summed E-state index contributed by atoms with van der Waals surface area (Å²) in [5.41, 5.74) is 3.46. The molecule has 1 aromatic carbocycles. The Bertz CT molecular complexity index is 521. The lowest BCUT2D eigenvalue weighted by atomic mass is 9.79. The van der Waals surface area contributed by atoms with Crippen molar-refractivity contribution in [1.82, 2.24) is 0 Å². The van der Waals surface area contributed by atoms with Crippen LogP contribution >= 0.6 is 0 Å². The van der Waals surface area contributed by atoms with Crippen molar-refractivity contribution in [2.45, 2.75) is 31.7 Å². The zero-order valence-electron chi connectivity index (χ0n) is 10.3. The normalized spacial score (nSPS) is 28.4. The first-order chi connectivity index (χ1) is 8.70. The maximum absolute atomic E-state index is 11.2. The Balaban J connectivity index is 2.06. The average Bonchev–Trinajstić information content (AvgIpc) is 2.86. The van der Waals surface area contributed by atoms with Gasteiger partial charge in [0.1, 0.15) is 0 Å². The van der Waals surface area contributed by atoms with Crippen LogP contribution in [0.5, 0.6) is 0 Å². The van der Waals surface area contributed by atoms with Crippen molar-refractivity contribution in [3.05, 3.63) is 41.5 Å². The molecule has 3 rings (SSSR count). The van der Waals surface area contributed by atoms with E-state index in [9.17, 15) is 9.90 Å². The Morgan fingerprint density at radius 1 is 1.50 bits per heavy atom. The molecule has 0 unspecified atom stereocenters. The smallest absolute Gasteiger partial charge is 0.0698 e. The van der Waals surface area contributed by atoms with Crippen molar-refractivity contribution in [2.75, 3.05) is 5.32 Å². The van der Waals surface area contributed by atoms with E-state index < -0.39 is 12.0 Å². The van der Waals surface area contributed by atoms with Crippen LogP contribution in [0.25, 0.3) is 0 Å². The molecular formula is C15H16NO2-. The van der Waals surface area contributed by atoms with E-state index >= 15 is 0 Å². The highest BCUT2D eigenvalue weighted by Crippen LogP contribution is 2.44. The Morgan fingerprint density at radius 2 is 2.33 bits per heavy atom. The highest BCUT2D eigenvalue weighted by atomic mass is 16.4.